The van der Waals surface area contributed by atoms with Gasteiger partial charge in [-0.15, -0.1) is 0 Å². The van der Waals surface area contributed by atoms with Crippen LogP contribution in [0.4, 0.5) is 0 Å². The van der Waals surface area contributed by atoms with E-state index in [4.69, 9.17) is 0 Å². The molecule has 110 valence electrons. The van der Waals surface area contributed by atoms with Gasteiger partial charge in [0.25, 0.3) is 0 Å². The quantitative estimate of drug-likeness (QED) is 0.764. The summed E-state index contributed by atoms with van der Waals surface area (Å²) in [5, 5.41) is 0. The molecule has 0 aromatic rings. The number of ketones is 1. The number of likely N-dealkylation sites (N-methyl/N-ethyl adjacent to an activating group) is 1. The van der Waals surface area contributed by atoms with Crippen molar-refractivity contribution < 1.29 is 4.79 Å². The predicted molar refractivity (Wildman–Crippen MR) is 80.2 cm³/mol. The SMILES string of the molecule is CN(CC(=O)C1CCCCC1)C1CCC(C)(C)CC1. The van der Waals surface area contributed by atoms with Crippen molar-refractivity contribution in [1.82, 2.24) is 4.90 Å². The first kappa shape index (κ1) is 15.0. The lowest BCUT2D eigenvalue weighted by atomic mass is 9.75. The zero-order valence-electron chi connectivity index (χ0n) is 13.1. The van der Waals surface area contributed by atoms with Crippen LogP contribution in [0.2, 0.25) is 0 Å². The van der Waals surface area contributed by atoms with Crippen molar-refractivity contribution in [2.24, 2.45) is 11.3 Å². The molecule has 0 spiro atoms. The Hall–Kier alpha value is -0.370. The maximum absolute atomic E-state index is 12.3. The van der Waals surface area contributed by atoms with Crippen LogP contribution in [0.15, 0.2) is 0 Å². The minimum atomic E-state index is 0.372. The summed E-state index contributed by atoms with van der Waals surface area (Å²) in [6.07, 6.45) is 11.3. The second-order valence-corrected chi connectivity index (χ2v) is 7.61. The van der Waals surface area contributed by atoms with E-state index >= 15 is 0 Å². The molecule has 2 saturated carbocycles. The summed E-state index contributed by atoms with van der Waals surface area (Å²) in [6, 6.07) is 0.639. The summed E-state index contributed by atoms with van der Waals surface area (Å²) in [5.74, 6) is 0.878. The third kappa shape index (κ3) is 4.30. The lowest BCUT2D eigenvalue weighted by Gasteiger charge is -2.38. The van der Waals surface area contributed by atoms with Gasteiger partial charge in [-0.3, -0.25) is 9.69 Å². The van der Waals surface area contributed by atoms with Crippen LogP contribution < -0.4 is 0 Å². The molecule has 0 saturated heterocycles. The summed E-state index contributed by atoms with van der Waals surface area (Å²) in [7, 11) is 2.16. The molecule has 19 heavy (non-hydrogen) atoms. The van der Waals surface area contributed by atoms with Crippen LogP contribution in [0.5, 0.6) is 0 Å². The van der Waals surface area contributed by atoms with Gasteiger partial charge in [-0.2, -0.15) is 0 Å². The Morgan fingerprint density at radius 3 is 2.21 bits per heavy atom. The van der Waals surface area contributed by atoms with Gasteiger partial charge in [-0.1, -0.05) is 33.1 Å². The average molecular weight is 265 g/mol. The molecule has 2 aliphatic rings. The zero-order chi connectivity index (χ0) is 13.9. The lowest BCUT2D eigenvalue weighted by Crippen LogP contribution is -2.41. The Labute approximate surface area is 118 Å². The lowest BCUT2D eigenvalue weighted by molar-refractivity contribution is -0.125. The molecule has 0 amide bonds. The summed E-state index contributed by atoms with van der Waals surface area (Å²) in [5.41, 5.74) is 0.519. The Morgan fingerprint density at radius 1 is 1.05 bits per heavy atom. The highest BCUT2D eigenvalue weighted by Gasteiger charge is 2.30. The van der Waals surface area contributed by atoms with Gasteiger partial charge in [0.2, 0.25) is 0 Å². The van der Waals surface area contributed by atoms with E-state index in [0.717, 1.165) is 12.8 Å². The van der Waals surface area contributed by atoms with Crippen LogP contribution in [-0.4, -0.2) is 30.3 Å². The monoisotopic (exact) mass is 265 g/mol. The Morgan fingerprint density at radius 2 is 1.63 bits per heavy atom. The highest BCUT2D eigenvalue weighted by Crippen LogP contribution is 2.36. The molecule has 0 aromatic carbocycles. The largest absolute Gasteiger partial charge is 0.298 e. The van der Waals surface area contributed by atoms with E-state index in [1.165, 1.54) is 44.9 Å². The summed E-state index contributed by atoms with van der Waals surface area (Å²) in [4.78, 5) is 14.7. The van der Waals surface area contributed by atoms with Gasteiger partial charge in [0.15, 0.2) is 0 Å². The first-order valence-corrected chi connectivity index (χ1v) is 8.21. The number of nitrogens with zero attached hydrogens (tertiary/aromatic N) is 1. The minimum Gasteiger partial charge on any atom is -0.298 e. The number of hydrogen-bond acceptors (Lipinski definition) is 2. The topological polar surface area (TPSA) is 20.3 Å². The van der Waals surface area contributed by atoms with E-state index in [1.807, 2.05) is 0 Å². The van der Waals surface area contributed by atoms with E-state index in [-0.39, 0.29) is 0 Å². The van der Waals surface area contributed by atoms with E-state index in [1.54, 1.807) is 0 Å². The van der Waals surface area contributed by atoms with Crippen molar-refractivity contribution in [1.29, 1.82) is 0 Å². The Bertz CT molecular complexity index is 294. The van der Waals surface area contributed by atoms with E-state index in [2.05, 4.69) is 25.8 Å². The van der Waals surface area contributed by atoms with Crippen LogP contribution in [-0.2, 0) is 4.79 Å². The van der Waals surface area contributed by atoms with Crippen molar-refractivity contribution in [2.75, 3.05) is 13.6 Å². The normalized spacial score (nSPS) is 25.7. The number of Topliss-reactive ketones (excluding diaryl/α,β-unsaturated/α-hetero) is 1. The molecule has 0 unspecified atom stereocenters. The number of hydrogen-bond donors (Lipinski definition) is 0. The molecule has 2 fully saturated rings. The molecule has 2 nitrogen and oxygen atoms in total. The molecule has 0 radical (unpaired) electrons. The van der Waals surface area contributed by atoms with Gasteiger partial charge in [-0.05, 0) is 51.0 Å². The van der Waals surface area contributed by atoms with E-state index in [0.29, 0.717) is 29.7 Å². The van der Waals surface area contributed by atoms with Crippen LogP contribution in [0.3, 0.4) is 0 Å². The first-order chi connectivity index (χ1) is 8.98. The fourth-order valence-electron chi connectivity index (χ4n) is 3.75. The molecule has 0 N–H and O–H groups in total. The fraction of sp³-hybridized carbons (Fsp3) is 0.941. The standard InChI is InChI=1S/C17H31NO/c1-17(2)11-9-15(10-12-17)18(3)13-16(19)14-7-5-4-6-8-14/h14-15H,4-13H2,1-3H3. The highest BCUT2D eigenvalue weighted by molar-refractivity contribution is 5.83. The van der Waals surface area contributed by atoms with Gasteiger partial charge >= 0.3 is 0 Å². The molecule has 0 heterocycles. The molecule has 2 aliphatic carbocycles. The van der Waals surface area contributed by atoms with Crippen molar-refractivity contribution in [3.8, 4) is 0 Å². The minimum absolute atomic E-state index is 0.372. The van der Waals surface area contributed by atoms with Gasteiger partial charge in [0.05, 0.1) is 6.54 Å². The van der Waals surface area contributed by atoms with Gasteiger partial charge in [0, 0.05) is 12.0 Å². The van der Waals surface area contributed by atoms with Crippen LogP contribution in [0.25, 0.3) is 0 Å². The average Bonchev–Trinajstić information content (AvgIpc) is 2.39. The molecule has 0 aliphatic heterocycles. The van der Waals surface area contributed by atoms with Gasteiger partial charge < -0.3 is 0 Å². The van der Waals surface area contributed by atoms with Crippen LogP contribution in [0, 0.1) is 11.3 Å². The molecule has 2 heteroatoms. The summed E-state index contributed by atoms with van der Waals surface area (Å²) < 4.78 is 0. The number of rotatable bonds is 4. The molecule has 0 aromatic heterocycles. The molecule has 2 rings (SSSR count). The van der Waals surface area contributed by atoms with Crippen LogP contribution >= 0.6 is 0 Å². The van der Waals surface area contributed by atoms with E-state index in [9.17, 15) is 4.79 Å². The third-order valence-electron chi connectivity index (χ3n) is 5.40. The fourth-order valence-corrected chi connectivity index (χ4v) is 3.75. The molecule has 0 atom stereocenters. The van der Waals surface area contributed by atoms with Crippen molar-refractivity contribution in [2.45, 2.75) is 77.7 Å². The maximum atomic E-state index is 12.3. The summed E-state index contributed by atoms with van der Waals surface area (Å²) >= 11 is 0. The molecular formula is C17H31NO. The highest BCUT2D eigenvalue weighted by atomic mass is 16.1. The van der Waals surface area contributed by atoms with E-state index < -0.39 is 0 Å². The second-order valence-electron chi connectivity index (χ2n) is 7.61. The van der Waals surface area contributed by atoms with Crippen molar-refractivity contribution in [3.05, 3.63) is 0 Å². The zero-order valence-corrected chi connectivity index (χ0v) is 13.1. The number of carbonyl (C=O) groups is 1. The third-order valence-corrected chi connectivity index (χ3v) is 5.40. The maximum Gasteiger partial charge on any atom is 0.149 e. The van der Waals surface area contributed by atoms with Crippen molar-refractivity contribution >= 4 is 5.78 Å². The van der Waals surface area contributed by atoms with Gasteiger partial charge in [0.1, 0.15) is 5.78 Å². The Kier molecular flexibility index (Phi) is 5.05. The Balaban J connectivity index is 1.77. The summed E-state index contributed by atoms with van der Waals surface area (Å²) in [6.45, 7) is 5.43. The molecule has 0 bridgehead atoms. The van der Waals surface area contributed by atoms with Crippen molar-refractivity contribution in [3.63, 3.8) is 0 Å². The second kappa shape index (κ2) is 6.39. The smallest absolute Gasteiger partial charge is 0.149 e. The molecular weight excluding hydrogens is 234 g/mol. The van der Waals surface area contributed by atoms with Gasteiger partial charge in [-0.25, -0.2) is 0 Å². The first-order valence-electron chi connectivity index (χ1n) is 8.21. The number of carbonyl (C=O) groups excluding carboxylic acids is 1. The van der Waals surface area contributed by atoms with Crippen LogP contribution in [0.1, 0.15) is 71.6 Å². The predicted octanol–water partition coefficient (Wildman–Crippen LogP) is 4.04.